The second-order valence-corrected chi connectivity index (χ2v) is 10.4. The number of hydrogen-bond donors (Lipinski definition) is 11. The van der Waals surface area contributed by atoms with Crippen LogP contribution in [0.3, 0.4) is 0 Å². The Hall–Kier alpha value is -1.09. The molecule has 2 heterocycles. The van der Waals surface area contributed by atoms with Gasteiger partial charge in [-0.15, -0.1) is 0 Å². The van der Waals surface area contributed by atoms with Crippen LogP contribution in [-0.2, 0) is 23.7 Å². The summed E-state index contributed by atoms with van der Waals surface area (Å²) in [4.78, 5) is 12.6. The van der Waals surface area contributed by atoms with Crippen LogP contribution in [0, 0.1) is 0 Å². The Morgan fingerprint density at radius 1 is 0.949 bits per heavy atom. The Bertz CT molecular complexity index is 785. The third-order valence-corrected chi connectivity index (χ3v) is 7.69. The summed E-state index contributed by atoms with van der Waals surface area (Å²) in [5.74, 6) is -0.911. The molecule has 1 amide bonds. The molecule has 15 atom stereocenters. The molecule has 16 nitrogen and oxygen atoms in total. The van der Waals surface area contributed by atoms with E-state index in [1.165, 1.54) is 0 Å². The maximum absolute atomic E-state index is 12.6. The molecule has 3 aliphatic rings. The summed E-state index contributed by atoms with van der Waals surface area (Å²) < 4.78 is 23.2. The highest BCUT2D eigenvalue weighted by Gasteiger charge is 2.54. The second-order valence-electron chi connectivity index (χ2n) is 10.4. The number of carbonyl (C=O) groups excluding carboxylic acids is 1. The molecule has 6 unspecified atom stereocenters. The van der Waals surface area contributed by atoms with E-state index in [4.69, 9.17) is 41.9 Å². The first-order valence-electron chi connectivity index (χ1n) is 13.3. The minimum atomic E-state index is -1.65. The van der Waals surface area contributed by atoms with Gasteiger partial charge in [-0.25, -0.2) is 0 Å². The number of hydrogen-bond acceptors (Lipinski definition) is 15. The van der Waals surface area contributed by atoms with Crippen LogP contribution in [0.4, 0.5) is 0 Å². The van der Waals surface area contributed by atoms with Crippen molar-refractivity contribution in [1.82, 2.24) is 5.32 Å². The molecule has 39 heavy (non-hydrogen) atoms. The molecule has 0 aromatic rings. The number of amides is 1. The molecule has 3 fully saturated rings. The predicted octanol–water partition coefficient (Wildman–Crippen LogP) is -5.98. The molecule has 3 rings (SSSR count). The number of aliphatic hydroxyl groups excluding tert-OH is 6. The number of aliphatic hydroxyl groups is 6. The lowest BCUT2D eigenvalue weighted by Crippen LogP contribution is -2.74. The van der Waals surface area contributed by atoms with Crippen LogP contribution in [0.1, 0.15) is 32.6 Å². The molecule has 0 bridgehead atoms. The van der Waals surface area contributed by atoms with E-state index in [1.54, 1.807) is 0 Å². The lowest BCUT2D eigenvalue weighted by molar-refractivity contribution is -0.319. The van der Waals surface area contributed by atoms with Crippen molar-refractivity contribution in [1.29, 1.82) is 0 Å². The first-order chi connectivity index (χ1) is 18.4. The zero-order chi connectivity index (χ0) is 29.0. The van der Waals surface area contributed by atoms with Crippen LogP contribution in [0.2, 0.25) is 0 Å². The predicted molar refractivity (Wildman–Crippen MR) is 133 cm³/mol. The second kappa shape index (κ2) is 14.2. The average molecular weight is 568 g/mol. The van der Waals surface area contributed by atoms with Gasteiger partial charge in [0, 0.05) is 0 Å². The summed E-state index contributed by atoms with van der Waals surface area (Å²) in [6, 6.07) is -4.53. The van der Waals surface area contributed by atoms with Gasteiger partial charge in [-0.2, -0.15) is 0 Å². The highest BCUT2D eigenvalue weighted by Crippen LogP contribution is 2.32. The van der Waals surface area contributed by atoms with Crippen molar-refractivity contribution in [3.05, 3.63) is 0 Å². The van der Waals surface area contributed by atoms with Crippen molar-refractivity contribution in [3.63, 3.8) is 0 Å². The Labute approximate surface area is 226 Å². The molecule has 0 aromatic carbocycles. The van der Waals surface area contributed by atoms with Gasteiger partial charge in [-0.3, -0.25) is 4.79 Å². The van der Waals surface area contributed by atoms with Crippen LogP contribution in [0.15, 0.2) is 0 Å². The first-order valence-corrected chi connectivity index (χ1v) is 13.3. The van der Waals surface area contributed by atoms with Gasteiger partial charge in [0.15, 0.2) is 12.6 Å². The quantitative estimate of drug-likeness (QED) is 0.117. The molecular formula is C23H45N5O11. The average Bonchev–Trinajstić information content (AvgIpc) is 2.92. The van der Waals surface area contributed by atoms with Gasteiger partial charge < -0.3 is 77.8 Å². The summed E-state index contributed by atoms with van der Waals surface area (Å²) in [5.41, 5.74) is 23.7. The van der Waals surface area contributed by atoms with Crippen molar-refractivity contribution in [2.45, 2.75) is 124 Å². The Morgan fingerprint density at radius 2 is 1.62 bits per heavy atom. The topological polar surface area (TPSA) is 291 Å². The van der Waals surface area contributed by atoms with Crippen molar-refractivity contribution in [3.8, 4) is 0 Å². The zero-order valence-electron chi connectivity index (χ0n) is 21.9. The number of rotatable bonds is 10. The molecule has 2 saturated heterocycles. The summed E-state index contributed by atoms with van der Waals surface area (Å²) in [6.07, 6.45) is -12.6. The molecule has 0 spiro atoms. The van der Waals surface area contributed by atoms with Gasteiger partial charge in [0.1, 0.15) is 42.7 Å². The van der Waals surface area contributed by atoms with E-state index in [9.17, 15) is 35.4 Å². The lowest BCUT2D eigenvalue weighted by atomic mass is 9.81. The number of carbonyl (C=O) groups is 1. The largest absolute Gasteiger partial charge is 0.394 e. The molecular weight excluding hydrogens is 522 g/mol. The van der Waals surface area contributed by atoms with Crippen molar-refractivity contribution in [2.24, 2.45) is 22.9 Å². The van der Waals surface area contributed by atoms with Crippen LogP contribution >= 0.6 is 0 Å². The maximum Gasteiger partial charge on any atom is 0.249 e. The van der Waals surface area contributed by atoms with Crippen molar-refractivity contribution in [2.75, 3.05) is 13.2 Å². The molecule has 1 saturated carbocycles. The molecule has 0 radical (unpaired) electrons. The van der Waals surface area contributed by atoms with E-state index < -0.39 is 98.1 Å². The van der Waals surface area contributed by atoms with Crippen molar-refractivity contribution < 1.29 is 54.4 Å². The molecule has 0 aromatic heterocycles. The normalized spacial score (nSPS) is 46.0. The van der Waals surface area contributed by atoms with E-state index in [2.05, 4.69) is 5.32 Å². The Kier molecular flexibility index (Phi) is 11.8. The summed E-state index contributed by atoms with van der Waals surface area (Å²) in [6.45, 7) is 1.29. The summed E-state index contributed by atoms with van der Waals surface area (Å²) >= 11 is 0. The van der Waals surface area contributed by atoms with E-state index in [0.717, 1.165) is 6.42 Å². The van der Waals surface area contributed by atoms with Gasteiger partial charge in [-0.05, 0) is 32.2 Å². The van der Waals surface area contributed by atoms with E-state index in [1.807, 2.05) is 6.92 Å². The van der Waals surface area contributed by atoms with Crippen LogP contribution < -0.4 is 28.3 Å². The van der Waals surface area contributed by atoms with E-state index in [0.29, 0.717) is 12.8 Å². The lowest BCUT2D eigenvalue weighted by Gasteiger charge is -2.50. The number of ether oxygens (including phenoxy) is 4. The van der Waals surface area contributed by atoms with E-state index >= 15 is 0 Å². The van der Waals surface area contributed by atoms with Crippen LogP contribution in [0.25, 0.3) is 0 Å². The molecule has 228 valence electrons. The summed E-state index contributed by atoms with van der Waals surface area (Å²) in [7, 11) is 0. The fourth-order valence-corrected chi connectivity index (χ4v) is 5.15. The minimum Gasteiger partial charge on any atom is -0.394 e. The minimum absolute atomic E-state index is 0.00502. The van der Waals surface area contributed by atoms with Gasteiger partial charge in [0.2, 0.25) is 5.91 Å². The van der Waals surface area contributed by atoms with Gasteiger partial charge in [-0.1, -0.05) is 6.92 Å². The first kappa shape index (κ1) is 32.4. The zero-order valence-corrected chi connectivity index (χ0v) is 21.9. The summed E-state index contributed by atoms with van der Waals surface area (Å²) in [5, 5.41) is 65.4. The number of nitrogens with two attached hydrogens (primary N) is 4. The molecule has 16 heteroatoms. The monoisotopic (exact) mass is 567 g/mol. The smallest absolute Gasteiger partial charge is 0.249 e. The highest BCUT2D eigenvalue weighted by molar-refractivity contribution is 5.81. The third kappa shape index (κ3) is 7.22. The number of nitrogens with one attached hydrogen (secondary N) is 1. The Balaban J connectivity index is 1.88. The standard InChI is InChI=1S/C23H45N5O11/c1-2-8-3-4-9(25)22(36-8)38-19-13(27)16(32)14(28-21(35)10(30)5-6-24)20(18(19)34)39-23-17(33)12(26)15(31)11(7-29)37-23/h8-20,22-23,29-34H,2-7,24-27H2,1H3,(H,28,35)/t8-,9?,10-,11?,12-,13-,14+,15+,16?,17?,18?,19?,20-,22+,23+/m0/s1. The van der Waals surface area contributed by atoms with Crippen molar-refractivity contribution >= 4 is 5.91 Å². The van der Waals surface area contributed by atoms with Crippen LogP contribution in [0.5, 0.6) is 0 Å². The van der Waals surface area contributed by atoms with Crippen LogP contribution in [-0.4, -0.2) is 141 Å². The Morgan fingerprint density at radius 3 is 2.23 bits per heavy atom. The third-order valence-electron chi connectivity index (χ3n) is 7.69. The van der Waals surface area contributed by atoms with Gasteiger partial charge >= 0.3 is 0 Å². The van der Waals surface area contributed by atoms with Gasteiger partial charge in [0.05, 0.1) is 43.0 Å². The van der Waals surface area contributed by atoms with Gasteiger partial charge in [0.25, 0.3) is 0 Å². The molecule has 2 aliphatic heterocycles. The molecule has 15 N–H and O–H groups in total. The fourth-order valence-electron chi connectivity index (χ4n) is 5.15. The maximum atomic E-state index is 12.6. The molecule has 1 aliphatic carbocycles. The fraction of sp³-hybridized carbons (Fsp3) is 0.957. The van der Waals surface area contributed by atoms with E-state index in [-0.39, 0.29) is 19.1 Å². The SMILES string of the molecule is CC[C@H]1CCC(N)[C@@H](OC2C(O)[C@@H](O[C@H]3OC(CO)[C@@H](O)[C@H](N)C3O)[C@H](NC(=O)[C@@H](O)CCN)C(O)[C@@H]2N)O1. The highest BCUT2D eigenvalue weighted by atomic mass is 16.7.